The number of carbonyl (C=O) groups excluding carboxylic acids is 3. The van der Waals surface area contributed by atoms with Crippen molar-refractivity contribution in [3.63, 3.8) is 0 Å². The third-order valence-corrected chi connectivity index (χ3v) is 7.07. The Kier molecular flexibility index (Phi) is 9.47. The molecule has 2 fully saturated rings. The SMILES string of the molecule is CC(C)N(CC(=O)Nc1nc(CC(=O)NCCN2CCCC2)cs1)C(=O)C1CCCCC1. The number of carbonyl (C=O) groups is 3. The van der Waals surface area contributed by atoms with Crippen molar-refractivity contribution in [3.05, 3.63) is 11.1 Å². The lowest BCUT2D eigenvalue weighted by Crippen LogP contribution is -2.45. The van der Waals surface area contributed by atoms with Crippen molar-refractivity contribution < 1.29 is 14.4 Å². The highest BCUT2D eigenvalue weighted by atomic mass is 32.1. The maximum absolute atomic E-state index is 12.9. The Bertz CT molecular complexity index is 769. The van der Waals surface area contributed by atoms with Crippen LogP contribution in [0, 0.1) is 5.92 Å². The van der Waals surface area contributed by atoms with Gasteiger partial charge in [-0.05, 0) is 52.6 Å². The van der Waals surface area contributed by atoms with Gasteiger partial charge >= 0.3 is 0 Å². The summed E-state index contributed by atoms with van der Waals surface area (Å²) in [6.07, 6.45) is 7.87. The topological polar surface area (TPSA) is 94.6 Å². The Hall–Kier alpha value is -2.00. The third kappa shape index (κ3) is 7.55. The van der Waals surface area contributed by atoms with E-state index in [-0.39, 0.29) is 42.6 Å². The molecule has 0 atom stereocenters. The van der Waals surface area contributed by atoms with Gasteiger partial charge in [-0.1, -0.05) is 19.3 Å². The summed E-state index contributed by atoms with van der Waals surface area (Å²) in [5.74, 6) is -0.190. The van der Waals surface area contributed by atoms with Crippen LogP contribution in [0.2, 0.25) is 0 Å². The Morgan fingerprint density at radius 3 is 2.53 bits per heavy atom. The van der Waals surface area contributed by atoms with Gasteiger partial charge in [-0.2, -0.15) is 0 Å². The van der Waals surface area contributed by atoms with Crippen LogP contribution in [0.25, 0.3) is 0 Å². The number of hydrogen-bond donors (Lipinski definition) is 2. The summed E-state index contributed by atoms with van der Waals surface area (Å²) in [5, 5.41) is 7.99. The fraction of sp³-hybridized carbons (Fsp3) is 0.739. The van der Waals surface area contributed by atoms with Crippen molar-refractivity contribution in [1.82, 2.24) is 20.1 Å². The summed E-state index contributed by atoms with van der Waals surface area (Å²) in [7, 11) is 0. The molecule has 2 heterocycles. The summed E-state index contributed by atoms with van der Waals surface area (Å²) in [4.78, 5) is 46.1. The number of anilines is 1. The normalized spacial score (nSPS) is 17.5. The predicted molar refractivity (Wildman–Crippen MR) is 127 cm³/mol. The first kappa shape index (κ1) is 24.6. The maximum atomic E-state index is 12.9. The van der Waals surface area contributed by atoms with Gasteiger partial charge in [0.2, 0.25) is 17.7 Å². The molecule has 8 nitrogen and oxygen atoms in total. The number of nitrogens with one attached hydrogen (secondary N) is 2. The van der Waals surface area contributed by atoms with Crippen molar-refractivity contribution in [2.45, 2.75) is 71.3 Å². The number of likely N-dealkylation sites (tertiary alicyclic amines) is 1. The Morgan fingerprint density at radius 2 is 1.84 bits per heavy atom. The molecule has 2 N–H and O–H groups in total. The summed E-state index contributed by atoms with van der Waals surface area (Å²) in [5.41, 5.74) is 0.642. The van der Waals surface area contributed by atoms with Crippen molar-refractivity contribution in [2.24, 2.45) is 5.92 Å². The molecule has 2 aliphatic rings. The molecule has 0 radical (unpaired) electrons. The van der Waals surface area contributed by atoms with E-state index in [9.17, 15) is 14.4 Å². The molecule has 9 heteroatoms. The average Bonchev–Trinajstić information content (AvgIpc) is 3.44. The van der Waals surface area contributed by atoms with E-state index in [1.165, 1.54) is 30.6 Å². The summed E-state index contributed by atoms with van der Waals surface area (Å²) in [6, 6.07) is -0.0358. The number of thiazole rings is 1. The van der Waals surface area contributed by atoms with Crippen LogP contribution in [0.5, 0.6) is 0 Å². The number of rotatable bonds is 10. The van der Waals surface area contributed by atoms with Gasteiger partial charge in [0.1, 0.15) is 6.54 Å². The molecule has 1 saturated carbocycles. The second-order valence-corrected chi connectivity index (χ2v) is 10.0. The van der Waals surface area contributed by atoms with Crippen LogP contribution in [0.3, 0.4) is 0 Å². The number of aromatic nitrogens is 1. The highest BCUT2D eigenvalue weighted by Crippen LogP contribution is 2.26. The largest absolute Gasteiger partial charge is 0.354 e. The molecule has 0 unspecified atom stereocenters. The van der Waals surface area contributed by atoms with Gasteiger partial charge in [0, 0.05) is 30.4 Å². The quantitative estimate of drug-likeness (QED) is 0.556. The number of hydrogen-bond acceptors (Lipinski definition) is 6. The lowest BCUT2D eigenvalue weighted by molar-refractivity contribution is -0.141. The van der Waals surface area contributed by atoms with Crippen molar-refractivity contribution in [1.29, 1.82) is 0 Å². The molecule has 1 saturated heterocycles. The van der Waals surface area contributed by atoms with Crippen molar-refractivity contribution in [3.8, 4) is 0 Å². The molecule has 1 aromatic heterocycles. The lowest BCUT2D eigenvalue weighted by atomic mass is 9.88. The minimum atomic E-state index is -0.251. The minimum Gasteiger partial charge on any atom is -0.354 e. The molecule has 0 bridgehead atoms. The fourth-order valence-corrected chi connectivity index (χ4v) is 5.17. The third-order valence-electron chi connectivity index (χ3n) is 6.26. The molecular formula is C23H37N5O3S. The molecule has 178 valence electrons. The zero-order valence-corrected chi connectivity index (χ0v) is 20.2. The summed E-state index contributed by atoms with van der Waals surface area (Å²) in [6.45, 7) is 7.67. The number of amides is 3. The Balaban J connectivity index is 1.43. The minimum absolute atomic E-state index is 0.0267. The van der Waals surface area contributed by atoms with E-state index < -0.39 is 0 Å². The maximum Gasteiger partial charge on any atom is 0.245 e. The van der Waals surface area contributed by atoms with Crippen LogP contribution in [-0.4, -0.2) is 71.3 Å². The molecule has 32 heavy (non-hydrogen) atoms. The van der Waals surface area contributed by atoms with Gasteiger partial charge in [-0.3, -0.25) is 14.4 Å². The van der Waals surface area contributed by atoms with E-state index in [4.69, 9.17) is 0 Å². The van der Waals surface area contributed by atoms with Crippen LogP contribution in [0.15, 0.2) is 5.38 Å². The van der Waals surface area contributed by atoms with Crippen LogP contribution in [-0.2, 0) is 20.8 Å². The van der Waals surface area contributed by atoms with Gasteiger partial charge in [0.15, 0.2) is 5.13 Å². The van der Waals surface area contributed by atoms with Gasteiger partial charge in [-0.15, -0.1) is 11.3 Å². The van der Waals surface area contributed by atoms with Crippen LogP contribution >= 0.6 is 11.3 Å². The van der Waals surface area contributed by atoms with E-state index >= 15 is 0 Å². The Morgan fingerprint density at radius 1 is 1.12 bits per heavy atom. The molecule has 0 spiro atoms. The first-order chi connectivity index (χ1) is 15.4. The van der Waals surface area contributed by atoms with Gasteiger partial charge in [0.25, 0.3) is 0 Å². The van der Waals surface area contributed by atoms with Crippen LogP contribution in [0.4, 0.5) is 5.13 Å². The highest BCUT2D eigenvalue weighted by molar-refractivity contribution is 7.13. The second-order valence-electron chi connectivity index (χ2n) is 9.16. The van der Waals surface area contributed by atoms with E-state index in [1.807, 2.05) is 13.8 Å². The molecule has 1 aromatic rings. The van der Waals surface area contributed by atoms with E-state index in [0.717, 1.165) is 45.3 Å². The lowest BCUT2D eigenvalue weighted by Gasteiger charge is -2.31. The highest BCUT2D eigenvalue weighted by Gasteiger charge is 2.29. The fourth-order valence-electron chi connectivity index (χ4n) is 4.44. The summed E-state index contributed by atoms with van der Waals surface area (Å²) >= 11 is 1.30. The van der Waals surface area contributed by atoms with Crippen LogP contribution < -0.4 is 10.6 Å². The zero-order chi connectivity index (χ0) is 22.9. The summed E-state index contributed by atoms with van der Waals surface area (Å²) < 4.78 is 0. The molecule has 3 amide bonds. The molecule has 1 aliphatic heterocycles. The molecular weight excluding hydrogens is 426 g/mol. The first-order valence-corrected chi connectivity index (χ1v) is 12.8. The first-order valence-electron chi connectivity index (χ1n) is 12.0. The second kappa shape index (κ2) is 12.3. The van der Waals surface area contributed by atoms with Crippen molar-refractivity contribution >= 4 is 34.2 Å². The smallest absolute Gasteiger partial charge is 0.245 e. The van der Waals surface area contributed by atoms with Gasteiger partial charge < -0.3 is 20.4 Å². The zero-order valence-electron chi connectivity index (χ0n) is 19.4. The van der Waals surface area contributed by atoms with Crippen LogP contribution in [0.1, 0.15) is 64.5 Å². The number of nitrogens with zero attached hydrogens (tertiary/aromatic N) is 3. The Labute approximate surface area is 195 Å². The van der Waals surface area contributed by atoms with Gasteiger partial charge in [0.05, 0.1) is 12.1 Å². The average molecular weight is 464 g/mol. The molecule has 0 aromatic carbocycles. The molecule has 1 aliphatic carbocycles. The van der Waals surface area contributed by atoms with Crippen molar-refractivity contribution in [2.75, 3.05) is 38.0 Å². The van der Waals surface area contributed by atoms with E-state index in [2.05, 4.69) is 20.5 Å². The van der Waals surface area contributed by atoms with Gasteiger partial charge in [-0.25, -0.2) is 4.98 Å². The standard InChI is InChI=1S/C23H37N5O3S/c1-17(2)28(22(31)18-8-4-3-5-9-18)15-21(30)26-23-25-19(16-32-23)14-20(29)24-10-13-27-11-6-7-12-27/h16-18H,3-15H2,1-2H3,(H,24,29)(H,25,26,30). The predicted octanol–water partition coefficient (Wildman–Crippen LogP) is 2.65. The molecule has 3 rings (SSSR count). The monoisotopic (exact) mass is 463 g/mol. The van der Waals surface area contributed by atoms with E-state index in [1.54, 1.807) is 10.3 Å². The van der Waals surface area contributed by atoms with E-state index in [0.29, 0.717) is 17.4 Å².